The molecule has 3 heteroatoms. The second kappa shape index (κ2) is 5.00. The van der Waals surface area contributed by atoms with Gasteiger partial charge >= 0.3 is 0 Å². The molecule has 1 atom stereocenters. The molecule has 0 bridgehead atoms. The van der Waals surface area contributed by atoms with Gasteiger partial charge in [-0.1, -0.05) is 24.3 Å². The zero-order chi connectivity index (χ0) is 13.2. The van der Waals surface area contributed by atoms with Gasteiger partial charge in [-0.05, 0) is 42.5 Å². The highest BCUT2D eigenvalue weighted by Gasteiger charge is 2.19. The number of rotatable bonds is 2. The van der Waals surface area contributed by atoms with Crippen LogP contribution in [0.3, 0.4) is 0 Å². The molecular weight excluding hydrogens is 244 g/mol. The third-order valence-corrected chi connectivity index (χ3v) is 3.63. The summed E-state index contributed by atoms with van der Waals surface area (Å²) in [4.78, 5) is 0. The molecule has 0 fully saturated rings. The van der Waals surface area contributed by atoms with Crippen LogP contribution in [0.4, 0.5) is 14.5 Å². The predicted octanol–water partition coefficient (Wildman–Crippen LogP) is 4.45. The fourth-order valence-electron chi connectivity index (χ4n) is 2.69. The van der Waals surface area contributed by atoms with E-state index in [1.807, 2.05) is 12.1 Å². The molecular formula is C16H15F2N. The highest BCUT2D eigenvalue weighted by Crippen LogP contribution is 2.32. The first-order valence-electron chi connectivity index (χ1n) is 6.53. The topological polar surface area (TPSA) is 12.0 Å². The van der Waals surface area contributed by atoms with Crippen molar-refractivity contribution in [2.75, 3.05) is 5.32 Å². The average molecular weight is 259 g/mol. The van der Waals surface area contributed by atoms with Crippen LogP contribution in [-0.2, 0) is 6.42 Å². The number of anilines is 1. The number of benzene rings is 2. The second-order valence-electron chi connectivity index (χ2n) is 4.92. The van der Waals surface area contributed by atoms with E-state index in [9.17, 15) is 8.78 Å². The molecule has 1 aliphatic rings. The van der Waals surface area contributed by atoms with E-state index in [2.05, 4.69) is 17.4 Å². The van der Waals surface area contributed by atoms with Gasteiger partial charge in [-0.3, -0.25) is 0 Å². The lowest BCUT2D eigenvalue weighted by Crippen LogP contribution is -2.17. The monoisotopic (exact) mass is 259 g/mol. The van der Waals surface area contributed by atoms with Gasteiger partial charge in [0.25, 0.3) is 0 Å². The van der Waals surface area contributed by atoms with Crippen LogP contribution in [0.2, 0.25) is 0 Å². The second-order valence-corrected chi connectivity index (χ2v) is 4.92. The summed E-state index contributed by atoms with van der Waals surface area (Å²) in [6.45, 7) is 0. The Kier molecular flexibility index (Phi) is 3.20. The summed E-state index contributed by atoms with van der Waals surface area (Å²) in [6.07, 6.45) is 3.21. The van der Waals surface area contributed by atoms with Gasteiger partial charge in [0, 0.05) is 11.8 Å². The number of hydrogen-bond acceptors (Lipinski definition) is 1. The predicted molar refractivity (Wildman–Crippen MR) is 72.1 cm³/mol. The Bertz CT molecular complexity index is 595. The maximum atomic E-state index is 13.2. The molecule has 1 nitrogen and oxygen atoms in total. The molecule has 2 aromatic rings. The zero-order valence-electron chi connectivity index (χ0n) is 10.5. The fourth-order valence-corrected chi connectivity index (χ4v) is 2.69. The van der Waals surface area contributed by atoms with Gasteiger partial charge in [0.15, 0.2) is 11.6 Å². The Morgan fingerprint density at radius 2 is 1.84 bits per heavy atom. The molecule has 19 heavy (non-hydrogen) atoms. The Balaban J connectivity index is 1.86. The summed E-state index contributed by atoms with van der Waals surface area (Å²) in [7, 11) is 0. The fraction of sp³-hybridized carbons (Fsp3) is 0.250. The van der Waals surface area contributed by atoms with Crippen LogP contribution < -0.4 is 5.32 Å². The minimum Gasteiger partial charge on any atom is -0.378 e. The summed E-state index contributed by atoms with van der Waals surface area (Å²) in [5.41, 5.74) is 3.23. The SMILES string of the molecule is Fc1ccc(NC2CCCc3ccccc32)cc1F. The van der Waals surface area contributed by atoms with Crippen LogP contribution >= 0.6 is 0 Å². The molecule has 1 aliphatic carbocycles. The third-order valence-electron chi connectivity index (χ3n) is 3.63. The molecule has 1 unspecified atom stereocenters. The maximum absolute atomic E-state index is 13.2. The molecule has 2 aromatic carbocycles. The maximum Gasteiger partial charge on any atom is 0.160 e. The summed E-state index contributed by atoms with van der Waals surface area (Å²) in [5.74, 6) is -1.62. The van der Waals surface area contributed by atoms with E-state index in [0.717, 1.165) is 25.3 Å². The molecule has 0 saturated heterocycles. The van der Waals surface area contributed by atoms with Gasteiger partial charge in [0.1, 0.15) is 0 Å². The summed E-state index contributed by atoms with van der Waals surface area (Å²) in [5, 5.41) is 3.30. The molecule has 0 spiro atoms. The van der Waals surface area contributed by atoms with Crippen molar-refractivity contribution in [1.82, 2.24) is 0 Å². The first-order chi connectivity index (χ1) is 9.24. The minimum atomic E-state index is -0.811. The van der Waals surface area contributed by atoms with E-state index in [0.29, 0.717) is 5.69 Å². The van der Waals surface area contributed by atoms with E-state index in [1.54, 1.807) is 6.07 Å². The van der Waals surface area contributed by atoms with Crippen LogP contribution in [0.5, 0.6) is 0 Å². The van der Waals surface area contributed by atoms with Gasteiger partial charge in [-0.15, -0.1) is 0 Å². The van der Waals surface area contributed by atoms with Crippen molar-refractivity contribution in [3.8, 4) is 0 Å². The zero-order valence-corrected chi connectivity index (χ0v) is 10.5. The number of halogens is 2. The number of fused-ring (bicyclic) bond motifs is 1. The van der Waals surface area contributed by atoms with Crippen LogP contribution in [-0.4, -0.2) is 0 Å². The smallest absolute Gasteiger partial charge is 0.160 e. The van der Waals surface area contributed by atoms with Gasteiger partial charge in [-0.2, -0.15) is 0 Å². The number of aryl methyl sites for hydroxylation is 1. The number of hydrogen-bond donors (Lipinski definition) is 1. The van der Waals surface area contributed by atoms with E-state index in [1.165, 1.54) is 17.2 Å². The van der Waals surface area contributed by atoms with Gasteiger partial charge in [0.05, 0.1) is 6.04 Å². The van der Waals surface area contributed by atoms with E-state index in [4.69, 9.17) is 0 Å². The highest BCUT2D eigenvalue weighted by molar-refractivity contribution is 5.47. The van der Waals surface area contributed by atoms with Gasteiger partial charge in [-0.25, -0.2) is 8.78 Å². The first kappa shape index (κ1) is 12.2. The van der Waals surface area contributed by atoms with Crippen molar-refractivity contribution in [2.24, 2.45) is 0 Å². The van der Waals surface area contributed by atoms with Crippen molar-refractivity contribution in [3.05, 3.63) is 65.2 Å². The molecule has 0 radical (unpaired) electrons. The lowest BCUT2D eigenvalue weighted by Gasteiger charge is -2.27. The normalized spacial score (nSPS) is 17.9. The number of nitrogens with one attached hydrogen (secondary N) is 1. The van der Waals surface area contributed by atoms with Crippen molar-refractivity contribution >= 4 is 5.69 Å². The Labute approximate surface area is 111 Å². The van der Waals surface area contributed by atoms with Crippen LogP contribution in [0, 0.1) is 11.6 Å². The van der Waals surface area contributed by atoms with E-state index < -0.39 is 11.6 Å². The summed E-state index contributed by atoms with van der Waals surface area (Å²) < 4.78 is 26.1. The van der Waals surface area contributed by atoms with E-state index in [-0.39, 0.29) is 6.04 Å². The average Bonchev–Trinajstić information content (AvgIpc) is 2.43. The lowest BCUT2D eigenvalue weighted by molar-refractivity contribution is 0.508. The first-order valence-corrected chi connectivity index (χ1v) is 6.53. The Morgan fingerprint density at radius 1 is 1.00 bits per heavy atom. The van der Waals surface area contributed by atoms with Crippen molar-refractivity contribution in [3.63, 3.8) is 0 Å². The molecule has 0 aliphatic heterocycles. The molecule has 0 aromatic heterocycles. The van der Waals surface area contributed by atoms with Crippen molar-refractivity contribution in [2.45, 2.75) is 25.3 Å². The quantitative estimate of drug-likeness (QED) is 0.840. The molecule has 0 amide bonds. The minimum absolute atomic E-state index is 0.176. The largest absolute Gasteiger partial charge is 0.378 e. The summed E-state index contributed by atoms with van der Waals surface area (Å²) in [6, 6.07) is 12.4. The molecule has 0 saturated carbocycles. The van der Waals surface area contributed by atoms with Crippen LogP contribution in [0.25, 0.3) is 0 Å². The van der Waals surface area contributed by atoms with Crippen LogP contribution in [0.15, 0.2) is 42.5 Å². The molecule has 1 N–H and O–H groups in total. The molecule has 3 rings (SSSR count). The van der Waals surface area contributed by atoms with Crippen molar-refractivity contribution < 1.29 is 8.78 Å². The summed E-state index contributed by atoms with van der Waals surface area (Å²) >= 11 is 0. The highest BCUT2D eigenvalue weighted by atomic mass is 19.2. The molecule has 0 heterocycles. The van der Waals surface area contributed by atoms with Gasteiger partial charge in [0.2, 0.25) is 0 Å². The van der Waals surface area contributed by atoms with Gasteiger partial charge < -0.3 is 5.32 Å². The Hall–Kier alpha value is -1.90. The van der Waals surface area contributed by atoms with Crippen molar-refractivity contribution in [1.29, 1.82) is 0 Å². The molecule has 98 valence electrons. The van der Waals surface area contributed by atoms with Crippen LogP contribution in [0.1, 0.15) is 30.0 Å². The lowest BCUT2D eigenvalue weighted by atomic mass is 9.87. The third kappa shape index (κ3) is 2.46. The van der Waals surface area contributed by atoms with E-state index >= 15 is 0 Å². The standard InChI is InChI=1S/C16H15F2N/c17-14-9-8-12(10-15(14)18)19-16-7-3-5-11-4-1-2-6-13(11)16/h1-2,4,6,8-10,16,19H,3,5,7H2. The Morgan fingerprint density at radius 3 is 2.68 bits per heavy atom.